The highest BCUT2D eigenvalue weighted by atomic mass is 16.5. The van der Waals surface area contributed by atoms with Crippen molar-refractivity contribution in [3.63, 3.8) is 0 Å². The molecule has 0 spiro atoms. The fourth-order valence-electron chi connectivity index (χ4n) is 4.09. The lowest BCUT2D eigenvalue weighted by Gasteiger charge is -2.34. The zero-order valence-electron chi connectivity index (χ0n) is 17.9. The van der Waals surface area contributed by atoms with Crippen molar-refractivity contribution >= 4 is 5.96 Å². The molecule has 28 heavy (non-hydrogen) atoms. The highest BCUT2D eigenvalue weighted by Gasteiger charge is 2.24. The van der Waals surface area contributed by atoms with E-state index >= 15 is 0 Å². The Morgan fingerprint density at radius 3 is 2.61 bits per heavy atom. The average Bonchev–Trinajstić information content (AvgIpc) is 3.21. The van der Waals surface area contributed by atoms with Gasteiger partial charge in [-0.2, -0.15) is 0 Å². The molecule has 5 nitrogen and oxygen atoms in total. The van der Waals surface area contributed by atoms with Crippen LogP contribution in [-0.2, 0) is 4.74 Å². The van der Waals surface area contributed by atoms with Gasteiger partial charge in [0.2, 0.25) is 0 Å². The molecule has 0 radical (unpaired) electrons. The van der Waals surface area contributed by atoms with Crippen molar-refractivity contribution in [2.45, 2.75) is 52.0 Å². The van der Waals surface area contributed by atoms with E-state index in [2.05, 4.69) is 60.6 Å². The van der Waals surface area contributed by atoms with Crippen LogP contribution >= 0.6 is 0 Å². The van der Waals surface area contributed by atoms with Gasteiger partial charge in [-0.3, -0.25) is 4.99 Å². The Balaban J connectivity index is 1.46. The Morgan fingerprint density at radius 1 is 1.21 bits per heavy atom. The third-order valence-corrected chi connectivity index (χ3v) is 5.98. The summed E-state index contributed by atoms with van der Waals surface area (Å²) in [4.78, 5) is 7.48. The largest absolute Gasteiger partial charge is 0.381 e. The third-order valence-electron chi connectivity index (χ3n) is 5.98. The molecule has 0 amide bonds. The first-order valence-corrected chi connectivity index (χ1v) is 11.1. The lowest BCUT2D eigenvalue weighted by Crippen LogP contribution is -2.49. The van der Waals surface area contributed by atoms with Gasteiger partial charge in [0.1, 0.15) is 0 Å². The molecule has 2 heterocycles. The summed E-state index contributed by atoms with van der Waals surface area (Å²) in [6.07, 6.45) is 3.60. The Bertz CT molecular complexity index is 602. The van der Waals surface area contributed by atoms with Gasteiger partial charge in [-0.1, -0.05) is 36.8 Å². The summed E-state index contributed by atoms with van der Waals surface area (Å²) in [6, 6.07) is 9.33. The van der Waals surface area contributed by atoms with E-state index in [0.717, 1.165) is 38.2 Å². The predicted molar refractivity (Wildman–Crippen MR) is 117 cm³/mol. The molecular formula is C23H38N4O. The predicted octanol–water partition coefficient (Wildman–Crippen LogP) is 3.15. The maximum atomic E-state index is 5.52. The van der Waals surface area contributed by atoms with Crippen molar-refractivity contribution in [3.05, 3.63) is 35.4 Å². The maximum absolute atomic E-state index is 5.52. The maximum Gasteiger partial charge on any atom is 0.191 e. The van der Waals surface area contributed by atoms with Crippen LogP contribution in [-0.4, -0.2) is 62.8 Å². The highest BCUT2D eigenvalue weighted by Crippen LogP contribution is 2.18. The molecule has 0 aromatic heterocycles. The SMILES string of the molecule is CCNC(=NCC(C)c1ccc(C)cc1)NC1CCN(CC2CCOC2)CC1. The van der Waals surface area contributed by atoms with Crippen LogP contribution in [0.1, 0.15) is 50.2 Å². The second-order valence-electron chi connectivity index (χ2n) is 8.48. The van der Waals surface area contributed by atoms with Gasteiger partial charge in [0.15, 0.2) is 5.96 Å². The molecule has 2 atom stereocenters. The number of likely N-dealkylation sites (tertiary alicyclic amines) is 1. The summed E-state index contributed by atoms with van der Waals surface area (Å²) >= 11 is 0. The topological polar surface area (TPSA) is 48.9 Å². The van der Waals surface area contributed by atoms with Gasteiger partial charge >= 0.3 is 0 Å². The molecule has 2 aliphatic heterocycles. The minimum Gasteiger partial charge on any atom is -0.381 e. The molecule has 2 fully saturated rings. The lowest BCUT2D eigenvalue weighted by molar-refractivity contribution is 0.150. The van der Waals surface area contributed by atoms with E-state index in [1.807, 2.05) is 0 Å². The standard InChI is InChI=1S/C23H38N4O/c1-4-24-23(25-15-19(3)21-7-5-18(2)6-8-21)26-22-9-12-27(13-10-22)16-20-11-14-28-17-20/h5-8,19-20,22H,4,9-17H2,1-3H3,(H2,24,25,26). The normalized spacial score (nSPS) is 23.0. The number of nitrogens with one attached hydrogen (secondary N) is 2. The first-order valence-electron chi connectivity index (χ1n) is 11.1. The molecule has 156 valence electrons. The van der Waals surface area contributed by atoms with Crippen LogP contribution in [0.3, 0.4) is 0 Å². The van der Waals surface area contributed by atoms with Crippen LogP contribution in [0.4, 0.5) is 0 Å². The molecular weight excluding hydrogens is 348 g/mol. The van der Waals surface area contributed by atoms with Crippen molar-refractivity contribution in [1.82, 2.24) is 15.5 Å². The van der Waals surface area contributed by atoms with Crippen LogP contribution in [0.25, 0.3) is 0 Å². The second-order valence-corrected chi connectivity index (χ2v) is 8.48. The van der Waals surface area contributed by atoms with Crippen molar-refractivity contribution in [3.8, 4) is 0 Å². The van der Waals surface area contributed by atoms with Gasteiger partial charge < -0.3 is 20.3 Å². The molecule has 2 N–H and O–H groups in total. The second kappa shape index (κ2) is 10.8. The van der Waals surface area contributed by atoms with E-state index in [1.165, 1.54) is 50.0 Å². The summed E-state index contributed by atoms with van der Waals surface area (Å²) in [6.45, 7) is 13.7. The number of benzene rings is 1. The minimum absolute atomic E-state index is 0.423. The molecule has 1 aromatic carbocycles. The molecule has 2 aliphatic rings. The van der Waals surface area contributed by atoms with Crippen molar-refractivity contribution in [2.75, 3.05) is 45.9 Å². The number of aryl methyl sites for hydroxylation is 1. The van der Waals surface area contributed by atoms with E-state index in [9.17, 15) is 0 Å². The molecule has 2 saturated heterocycles. The van der Waals surface area contributed by atoms with Crippen molar-refractivity contribution < 1.29 is 4.74 Å². The first kappa shape index (κ1) is 21.1. The molecule has 3 rings (SSSR count). The van der Waals surface area contributed by atoms with Crippen LogP contribution < -0.4 is 10.6 Å². The van der Waals surface area contributed by atoms with Crippen LogP contribution in [0.5, 0.6) is 0 Å². The zero-order valence-corrected chi connectivity index (χ0v) is 17.9. The minimum atomic E-state index is 0.423. The number of guanidine groups is 1. The van der Waals surface area contributed by atoms with Gasteiger partial charge in [0, 0.05) is 51.3 Å². The number of hydrogen-bond acceptors (Lipinski definition) is 3. The Kier molecular flexibility index (Phi) is 8.16. The molecule has 1 aromatic rings. The first-order chi connectivity index (χ1) is 13.6. The number of nitrogens with zero attached hydrogens (tertiary/aromatic N) is 2. The fourth-order valence-corrected chi connectivity index (χ4v) is 4.09. The summed E-state index contributed by atoms with van der Waals surface area (Å²) in [5.41, 5.74) is 2.66. The summed E-state index contributed by atoms with van der Waals surface area (Å²) < 4.78 is 5.52. The van der Waals surface area contributed by atoms with Gasteiger partial charge in [0.25, 0.3) is 0 Å². The average molecular weight is 387 g/mol. The molecule has 0 bridgehead atoms. The van der Waals surface area contributed by atoms with Crippen molar-refractivity contribution in [1.29, 1.82) is 0 Å². The number of rotatable bonds is 7. The summed E-state index contributed by atoms with van der Waals surface area (Å²) in [7, 11) is 0. The third kappa shape index (κ3) is 6.49. The highest BCUT2D eigenvalue weighted by molar-refractivity contribution is 5.80. The van der Waals surface area contributed by atoms with Crippen LogP contribution in [0, 0.1) is 12.8 Å². The Hall–Kier alpha value is -1.59. The quantitative estimate of drug-likeness (QED) is 0.558. The number of ether oxygens (including phenoxy) is 1. The van der Waals surface area contributed by atoms with E-state index in [4.69, 9.17) is 9.73 Å². The zero-order chi connectivity index (χ0) is 19.8. The van der Waals surface area contributed by atoms with Gasteiger partial charge in [-0.25, -0.2) is 0 Å². The van der Waals surface area contributed by atoms with Crippen LogP contribution in [0.15, 0.2) is 29.3 Å². The van der Waals surface area contributed by atoms with E-state index in [0.29, 0.717) is 12.0 Å². The van der Waals surface area contributed by atoms with Crippen molar-refractivity contribution in [2.24, 2.45) is 10.9 Å². The number of piperidine rings is 1. The number of aliphatic imine (C=N–C) groups is 1. The van der Waals surface area contributed by atoms with Crippen LogP contribution in [0.2, 0.25) is 0 Å². The molecule has 5 heteroatoms. The van der Waals surface area contributed by atoms with Gasteiger partial charge in [0.05, 0.1) is 6.61 Å². The Morgan fingerprint density at radius 2 is 1.96 bits per heavy atom. The fraction of sp³-hybridized carbons (Fsp3) is 0.696. The van der Waals surface area contributed by atoms with Gasteiger partial charge in [-0.05, 0) is 44.6 Å². The number of hydrogen-bond donors (Lipinski definition) is 2. The molecule has 0 aliphatic carbocycles. The summed E-state index contributed by atoms with van der Waals surface area (Å²) in [5, 5.41) is 7.10. The molecule has 2 unspecified atom stereocenters. The van der Waals surface area contributed by atoms with E-state index in [-0.39, 0.29) is 0 Å². The van der Waals surface area contributed by atoms with Gasteiger partial charge in [-0.15, -0.1) is 0 Å². The molecule has 0 saturated carbocycles. The Labute approximate surface area is 170 Å². The smallest absolute Gasteiger partial charge is 0.191 e. The van der Waals surface area contributed by atoms with E-state index in [1.54, 1.807) is 0 Å². The lowest BCUT2D eigenvalue weighted by atomic mass is 10.0. The monoisotopic (exact) mass is 386 g/mol. The summed E-state index contributed by atoms with van der Waals surface area (Å²) in [5.74, 6) is 2.13. The van der Waals surface area contributed by atoms with E-state index < -0.39 is 0 Å².